The number of aliphatic hydroxyl groups is 1. The maximum atomic E-state index is 12.5. The predicted octanol–water partition coefficient (Wildman–Crippen LogP) is 3.91. The minimum absolute atomic E-state index is 0.234. The second-order valence-electron chi connectivity index (χ2n) is 6.72. The first-order valence-electron chi connectivity index (χ1n) is 8.15. The quantitative estimate of drug-likeness (QED) is 0.657. The summed E-state index contributed by atoms with van der Waals surface area (Å²) < 4.78 is 42.7. The van der Waals surface area contributed by atoms with Crippen molar-refractivity contribution in [1.29, 1.82) is 0 Å². The molecule has 2 heterocycles. The molecule has 28 heavy (non-hydrogen) atoms. The fraction of sp³-hybridized carbons (Fsp3) is 0.353. The van der Waals surface area contributed by atoms with Gasteiger partial charge in [-0.2, -0.15) is 14.6 Å². The zero-order valence-corrected chi connectivity index (χ0v) is 15.9. The van der Waals surface area contributed by atoms with Crippen molar-refractivity contribution in [3.8, 4) is 5.75 Å². The lowest BCUT2D eigenvalue weighted by atomic mass is 9.91. The van der Waals surface area contributed by atoms with E-state index < -0.39 is 23.8 Å². The molecule has 7 nitrogen and oxygen atoms in total. The Kier molecular flexibility index (Phi) is 5.11. The third-order valence-electron chi connectivity index (χ3n) is 3.89. The monoisotopic (exact) mass is 415 g/mol. The number of anilines is 1. The number of nitrogens with zero attached hydrogens (tertiary/aromatic N) is 4. The van der Waals surface area contributed by atoms with Gasteiger partial charge in [-0.3, -0.25) is 0 Å². The van der Waals surface area contributed by atoms with E-state index in [4.69, 9.17) is 11.6 Å². The highest BCUT2D eigenvalue weighted by atomic mass is 35.5. The number of hydrogen-bond donors (Lipinski definition) is 2. The molecule has 3 rings (SSSR count). The topological polar surface area (TPSA) is 84.6 Å². The number of fused-ring (bicyclic) bond motifs is 1. The van der Waals surface area contributed by atoms with Crippen LogP contribution in [-0.2, 0) is 0 Å². The summed E-state index contributed by atoms with van der Waals surface area (Å²) in [5.74, 6) is 0.341. The van der Waals surface area contributed by atoms with Crippen LogP contribution in [0.4, 0.5) is 19.0 Å². The van der Waals surface area contributed by atoms with Crippen LogP contribution in [0.1, 0.15) is 31.1 Å². The van der Waals surface area contributed by atoms with Crippen molar-refractivity contribution < 1.29 is 23.0 Å². The molecule has 3 aromatic rings. The zero-order valence-electron chi connectivity index (χ0n) is 15.1. The molecule has 2 N–H and O–H groups in total. The number of aromatic nitrogens is 4. The summed E-state index contributed by atoms with van der Waals surface area (Å²) in [6, 6.07) is 4.79. The van der Waals surface area contributed by atoms with E-state index in [0.29, 0.717) is 22.9 Å². The maximum absolute atomic E-state index is 12.5. The summed E-state index contributed by atoms with van der Waals surface area (Å²) in [4.78, 5) is 8.28. The SMILES string of the molecule is Cc1cc(N[C@H](c2ccc(OC(F)(F)F)c(Cl)c2)C(C)(C)O)n2ncnc2n1. The minimum Gasteiger partial charge on any atom is -0.404 e. The van der Waals surface area contributed by atoms with Crippen molar-refractivity contribution in [2.24, 2.45) is 0 Å². The van der Waals surface area contributed by atoms with E-state index in [2.05, 4.69) is 25.1 Å². The normalized spacial score (nSPS) is 13.6. The lowest BCUT2D eigenvalue weighted by Crippen LogP contribution is -2.35. The van der Waals surface area contributed by atoms with E-state index in [1.54, 1.807) is 26.8 Å². The number of ether oxygens (including phenoxy) is 1. The summed E-state index contributed by atoms with van der Waals surface area (Å²) in [5.41, 5.74) is -0.181. The highest BCUT2D eigenvalue weighted by Gasteiger charge is 2.33. The van der Waals surface area contributed by atoms with Crippen LogP contribution in [-0.4, -0.2) is 36.7 Å². The molecule has 2 aromatic heterocycles. The fourth-order valence-corrected chi connectivity index (χ4v) is 2.98. The Morgan fingerprint density at radius 1 is 1.25 bits per heavy atom. The number of halogens is 4. The third kappa shape index (κ3) is 4.45. The molecule has 0 aliphatic rings. The first-order valence-corrected chi connectivity index (χ1v) is 8.53. The number of alkyl halides is 3. The number of hydrogen-bond acceptors (Lipinski definition) is 6. The second-order valence-corrected chi connectivity index (χ2v) is 7.13. The Labute approximate surface area is 163 Å². The lowest BCUT2D eigenvalue weighted by molar-refractivity contribution is -0.274. The Balaban J connectivity index is 1.99. The first kappa shape index (κ1) is 20.2. The molecule has 0 saturated carbocycles. The Hall–Kier alpha value is -2.59. The van der Waals surface area contributed by atoms with Gasteiger partial charge >= 0.3 is 6.36 Å². The van der Waals surface area contributed by atoms with Gasteiger partial charge in [-0.1, -0.05) is 17.7 Å². The summed E-state index contributed by atoms with van der Waals surface area (Å²) in [6.07, 6.45) is -3.52. The molecule has 0 unspecified atom stereocenters. The van der Waals surface area contributed by atoms with Gasteiger partial charge in [-0.25, -0.2) is 4.98 Å². The lowest BCUT2D eigenvalue weighted by Gasteiger charge is -2.31. The highest BCUT2D eigenvalue weighted by molar-refractivity contribution is 6.32. The van der Waals surface area contributed by atoms with Crippen LogP contribution in [0, 0.1) is 6.92 Å². The number of aryl methyl sites for hydroxylation is 1. The standard InChI is InChI=1S/C17H17ClF3N5O2/c1-9-6-13(26-15(24-9)22-8-23-26)25-14(16(2,3)27)10-4-5-12(11(18)7-10)28-17(19,20)21/h4-8,14,25,27H,1-3H3/t14-/m1/s1. The van der Waals surface area contributed by atoms with E-state index in [-0.39, 0.29) is 5.02 Å². The Morgan fingerprint density at radius 3 is 2.57 bits per heavy atom. The van der Waals surface area contributed by atoms with Crippen molar-refractivity contribution in [3.05, 3.63) is 46.9 Å². The molecule has 0 fully saturated rings. The van der Waals surface area contributed by atoms with Gasteiger partial charge < -0.3 is 15.2 Å². The average molecular weight is 416 g/mol. The van der Waals surface area contributed by atoms with Crippen LogP contribution in [0.2, 0.25) is 5.02 Å². The van der Waals surface area contributed by atoms with E-state index in [0.717, 1.165) is 6.07 Å². The van der Waals surface area contributed by atoms with Crippen LogP contribution < -0.4 is 10.1 Å². The molecule has 0 amide bonds. The van der Waals surface area contributed by atoms with E-state index >= 15 is 0 Å². The zero-order chi connectivity index (χ0) is 20.7. The molecule has 0 bridgehead atoms. The molecule has 0 saturated heterocycles. The highest BCUT2D eigenvalue weighted by Crippen LogP contribution is 2.36. The van der Waals surface area contributed by atoms with Gasteiger partial charge in [-0.15, -0.1) is 13.2 Å². The van der Waals surface area contributed by atoms with Crippen LogP contribution in [0.5, 0.6) is 5.75 Å². The number of benzene rings is 1. The predicted molar refractivity (Wildman–Crippen MR) is 96.3 cm³/mol. The Bertz CT molecular complexity index is 1000. The maximum Gasteiger partial charge on any atom is 0.573 e. The van der Waals surface area contributed by atoms with Crippen molar-refractivity contribution in [2.75, 3.05) is 5.32 Å². The van der Waals surface area contributed by atoms with Crippen molar-refractivity contribution >= 4 is 23.2 Å². The van der Waals surface area contributed by atoms with Crippen LogP contribution in [0.25, 0.3) is 5.78 Å². The molecular formula is C17H17ClF3N5O2. The van der Waals surface area contributed by atoms with Gasteiger partial charge in [0.25, 0.3) is 5.78 Å². The first-order chi connectivity index (χ1) is 12.9. The second kappa shape index (κ2) is 7.10. The molecule has 1 aromatic carbocycles. The average Bonchev–Trinajstić information content (AvgIpc) is 3.00. The summed E-state index contributed by atoms with van der Waals surface area (Å²) in [6.45, 7) is 4.90. The number of nitrogens with one attached hydrogen (secondary N) is 1. The van der Waals surface area contributed by atoms with Crippen molar-refractivity contribution in [1.82, 2.24) is 19.6 Å². The summed E-state index contributed by atoms with van der Waals surface area (Å²) in [5, 5.41) is 17.7. The Morgan fingerprint density at radius 2 is 1.96 bits per heavy atom. The molecule has 0 aliphatic heterocycles. The number of rotatable bonds is 5. The smallest absolute Gasteiger partial charge is 0.404 e. The molecule has 150 valence electrons. The van der Waals surface area contributed by atoms with Crippen LogP contribution >= 0.6 is 11.6 Å². The molecule has 0 spiro atoms. The van der Waals surface area contributed by atoms with Gasteiger partial charge in [0.2, 0.25) is 0 Å². The molecule has 11 heteroatoms. The largest absolute Gasteiger partial charge is 0.573 e. The molecule has 0 radical (unpaired) electrons. The summed E-state index contributed by atoms with van der Waals surface area (Å²) in [7, 11) is 0. The van der Waals surface area contributed by atoms with Gasteiger partial charge in [0.05, 0.1) is 16.7 Å². The van der Waals surface area contributed by atoms with E-state index in [1.807, 2.05) is 0 Å². The molecule has 0 aliphatic carbocycles. The molecule has 1 atom stereocenters. The van der Waals surface area contributed by atoms with Crippen LogP contribution in [0.3, 0.4) is 0 Å². The fourth-order valence-electron chi connectivity index (χ4n) is 2.75. The summed E-state index contributed by atoms with van der Waals surface area (Å²) >= 11 is 5.96. The van der Waals surface area contributed by atoms with Gasteiger partial charge in [-0.05, 0) is 38.5 Å². The van der Waals surface area contributed by atoms with Gasteiger partial charge in [0.1, 0.15) is 17.9 Å². The van der Waals surface area contributed by atoms with Crippen molar-refractivity contribution in [3.63, 3.8) is 0 Å². The van der Waals surface area contributed by atoms with E-state index in [1.165, 1.54) is 23.0 Å². The van der Waals surface area contributed by atoms with Crippen molar-refractivity contribution in [2.45, 2.75) is 38.8 Å². The third-order valence-corrected chi connectivity index (χ3v) is 4.19. The van der Waals surface area contributed by atoms with Gasteiger partial charge in [0, 0.05) is 11.8 Å². The minimum atomic E-state index is -4.85. The van der Waals surface area contributed by atoms with E-state index in [9.17, 15) is 18.3 Å². The van der Waals surface area contributed by atoms with Gasteiger partial charge in [0.15, 0.2) is 0 Å². The molecular weight excluding hydrogens is 399 g/mol. The van der Waals surface area contributed by atoms with Crippen LogP contribution in [0.15, 0.2) is 30.6 Å².